The quantitative estimate of drug-likeness (QED) is 0.321. The first-order valence-corrected chi connectivity index (χ1v) is 11.6. The molecule has 0 bridgehead atoms. The van der Waals surface area contributed by atoms with Gasteiger partial charge in [0.05, 0.1) is 23.7 Å². The van der Waals surface area contributed by atoms with Crippen LogP contribution in [0.3, 0.4) is 0 Å². The molecular weight excluding hydrogens is 460 g/mol. The summed E-state index contributed by atoms with van der Waals surface area (Å²) in [4.78, 5) is 15.8. The maximum Gasteiger partial charge on any atom is 0.308 e. The van der Waals surface area contributed by atoms with Gasteiger partial charge in [-0.2, -0.15) is 0 Å². The number of carboxylic acids is 1. The van der Waals surface area contributed by atoms with E-state index in [1.165, 1.54) is 0 Å². The Labute approximate surface area is 207 Å². The summed E-state index contributed by atoms with van der Waals surface area (Å²) in [5, 5.41) is 9.85. The van der Waals surface area contributed by atoms with Crippen molar-refractivity contribution in [3.63, 3.8) is 0 Å². The standard InChI is InChI=1S/C30H23F2NO3/c1-18(30(34)35)17-36-29-24-5-3-2-4-20(24)9-10-21-8-6-19(14-25(21)29)7-12-23-13-11-22-15-26(31)27(32)16-28(22)33-23/h2-16,18,29H,17H2,1H3,(H,34,35)/b12-7+/t18-,29?/m1/s1. The summed E-state index contributed by atoms with van der Waals surface area (Å²) in [6, 6.07) is 19.6. The highest BCUT2D eigenvalue weighted by Crippen LogP contribution is 2.36. The van der Waals surface area contributed by atoms with E-state index in [4.69, 9.17) is 4.74 Å². The molecule has 1 unspecified atom stereocenters. The van der Waals surface area contributed by atoms with Crippen molar-refractivity contribution < 1.29 is 23.4 Å². The molecule has 5 rings (SSSR count). The number of aromatic nitrogens is 1. The van der Waals surface area contributed by atoms with Gasteiger partial charge in [0.1, 0.15) is 6.10 Å². The van der Waals surface area contributed by atoms with Crippen LogP contribution in [-0.4, -0.2) is 22.7 Å². The minimum Gasteiger partial charge on any atom is -0.481 e. The maximum absolute atomic E-state index is 13.6. The fourth-order valence-electron chi connectivity index (χ4n) is 4.22. The van der Waals surface area contributed by atoms with Gasteiger partial charge in [-0.3, -0.25) is 4.79 Å². The molecule has 0 amide bonds. The highest BCUT2D eigenvalue weighted by atomic mass is 19.2. The number of benzene rings is 3. The van der Waals surface area contributed by atoms with Gasteiger partial charge >= 0.3 is 5.97 Å². The number of aliphatic carboxylic acids is 1. The monoisotopic (exact) mass is 483 g/mol. The zero-order chi connectivity index (χ0) is 25.2. The van der Waals surface area contributed by atoms with Crippen LogP contribution in [-0.2, 0) is 9.53 Å². The van der Waals surface area contributed by atoms with Crippen LogP contribution in [0.4, 0.5) is 8.78 Å². The summed E-state index contributed by atoms with van der Waals surface area (Å²) >= 11 is 0. The van der Waals surface area contributed by atoms with Gasteiger partial charge in [0.15, 0.2) is 11.6 Å². The molecule has 0 saturated heterocycles. The minimum absolute atomic E-state index is 0.0754. The van der Waals surface area contributed by atoms with Crippen molar-refractivity contribution >= 4 is 41.2 Å². The lowest BCUT2D eigenvalue weighted by molar-refractivity contribution is -0.143. The first-order chi connectivity index (χ1) is 17.4. The molecule has 1 heterocycles. The van der Waals surface area contributed by atoms with E-state index < -0.39 is 29.6 Å². The van der Waals surface area contributed by atoms with Crippen molar-refractivity contribution in [3.05, 3.63) is 112 Å². The third-order valence-corrected chi connectivity index (χ3v) is 6.25. The summed E-state index contributed by atoms with van der Waals surface area (Å²) in [6.07, 6.45) is 7.34. The molecule has 2 atom stereocenters. The van der Waals surface area contributed by atoms with Gasteiger partial charge in [0.2, 0.25) is 0 Å². The van der Waals surface area contributed by atoms with Gasteiger partial charge in [-0.15, -0.1) is 0 Å². The molecule has 0 aliphatic heterocycles. The molecule has 0 spiro atoms. The van der Waals surface area contributed by atoms with Crippen molar-refractivity contribution in [2.24, 2.45) is 5.92 Å². The minimum atomic E-state index is -0.932. The van der Waals surface area contributed by atoms with Gasteiger partial charge in [0, 0.05) is 11.5 Å². The second-order valence-corrected chi connectivity index (χ2v) is 8.83. The first-order valence-electron chi connectivity index (χ1n) is 11.6. The topological polar surface area (TPSA) is 59.4 Å². The molecule has 1 aromatic heterocycles. The number of hydrogen-bond acceptors (Lipinski definition) is 3. The van der Waals surface area contributed by atoms with Gasteiger partial charge in [-0.1, -0.05) is 60.7 Å². The Balaban J connectivity index is 1.49. The van der Waals surface area contributed by atoms with E-state index in [9.17, 15) is 18.7 Å². The SMILES string of the molecule is C[C@H](COC1c2ccccc2C=Cc2ccc(/C=C/c3ccc4cc(F)c(F)cc4n3)cc21)C(=O)O. The Morgan fingerprint density at radius 3 is 2.53 bits per heavy atom. The Kier molecular flexibility index (Phi) is 6.44. The van der Waals surface area contributed by atoms with Crippen molar-refractivity contribution in [3.8, 4) is 0 Å². The molecule has 1 N–H and O–H groups in total. The molecule has 36 heavy (non-hydrogen) atoms. The lowest BCUT2D eigenvalue weighted by Crippen LogP contribution is -2.19. The predicted molar refractivity (Wildman–Crippen MR) is 137 cm³/mol. The first kappa shape index (κ1) is 23.6. The predicted octanol–water partition coefficient (Wildman–Crippen LogP) is 6.99. The molecule has 0 fully saturated rings. The highest BCUT2D eigenvalue weighted by molar-refractivity contribution is 5.82. The average Bonchev–Trinajstić information content (AvgIpc) is 3.03. The molecule has 180 valence electrons. The average molecular weight is 484 g/mol. The van der Waals surface area contributed by atoms with E-state index in [1.807, 2.05) is 66.8 Å². The van der Waals surface area contributed by atoms with Crippen LogP contribution in [0.2, 0.25) is 0 Å². The van der Waals surface area contributed by atoms with E-state index in [-0.39, 0.29) is 6.61 Å². The van der Waals surface area contributed by atoms with Crippen molar-refractivity contribution in [2.75, 3.05) is 6.61 Å². The molecule has 1 aliphatic carbocycles. The van der Waals surface area contributed by atoms with Crippen molar-refractivity contribution in [2.45, 2.75) is 13.0 Å². The number of rotatable bonds is 6. The maximum atomic E-state index is 13.6. The fraction of sp³-hybridized carbons (Fsp3) is 0.133. The molecule has 0 saturated carbocycles. The number of nitrogens with zero attached hydrogens (tertiary/aromatic N) is 1. The molecule has 3 aromatic carbocycles. The van der Waals surface area contributed by atoms with E-state index in [0.717, 1.165) is 39.9 Å². The normalized spacial score (nSPS) is 15.5. The number of pyridine rings is 1. The Morgan fingerprint density at radius 1 is 0.972 bits per heavy atom. The van der Waals surface area contributed by atoms with Crippen LogP contribution >= 0.6 is 0 Å². The van der Waals surface area contributed by atoms with E-state index in [0.29, 0.717) is 16.6 Å². The Hall–Kier alpha value is -4.16. The third kappa shape index (κ3) is 4.81. The third-order valence-electron chi connectivity index (χ3n) is 6.25. The Morgan fingerprint density at radius 2 is 1.72 bits per heavy atom. The number of hydrogen-bond donors (Lipinski definition) is 1. The van der Waals surface area contributed by atoms with Crippen LogP contribution in [0.5, 0.6) is 0 Å². The molecule has 4 nitrogen and oxygen atoms in total. The van der Waals surface area contributed by atoms with Crippen LogP contribution in [0.15, 0.2) is 66.7 Å². The zero-order valence-corrected chi connectivity index (χ0v) is 19.5. The largest absolute Gasteiger partial charge is 0.481 e. The summed E-state index contributed by atoms with van der Waals surface area (Å²) in [5.74, 6) is -3.38. The number of fused-ring (bicyclic) bond motifs is 3. The highest BCUT2D eigenvalue weighted by Gasteiger charge is 2.24. The van der Waals surface area contributed by atoms with Gasteiger partial charge in [0.25, 0.3) is 0 Å². The van der Waals surface area contributed by atoms with Gasteiger partial charge < -0.3 is 9.84 Å². The lowest BCUT2D eigenvalue weighted by Gasteiger charge is -2.22. The smallest absolute Gasteiger partial charge is 0.308 e. The van der Waals surface area contributed by atoms with Gasteiger partial charge in [-0.05, 0) is 59.0 Å². The molecule has 4 aromatic rings. The van der Waals surface area contributed by atoms with Crippen molar-refractivity contribution in [1.82, 2.24) is 4.98 Å². The van der Waals surface area contributed by atoms with Crippen LogP contribution in [0.1, 0.15) is 46.5 Å². The fourth-order valence-corrected chi connectivity index (χ4v) is 4.22. The van der Waals surface area contributed by atoms with Crippen molar-refractivity contribution in [1.29, 1.82) is 0 Å². The molecular formula is C30H23F2NO3. The van der Waals surface area contributed by atoms with Crippen LogP contribution in [0.25, 0.3) is 35.2 Å². The molecule has 6 heteroatoms. The van der Waals surface area contributed by atoms with E-state index >= 15 is 0 Å². The van der Waals surface area contributed by atoms with Crippen LogP contribution in [0, 0.1) is 17.6 Å². The number of carbonyl (C=O) groups is 1. The second kappa shape index (κ2) is 9.84. The summed E-state index contributed by atoms with van der Waals surface area (Å²) in [7, 11) is 0. The lowest BCUT2D eigenvalue weighted by atomic mass is 9.94. The van der Waals surface area contributed by atoms with E-state index in [2.05, 4.69) is 4.98 Å². The number of carboxylic acid groups (broad SMARTS) is 1. The van der Waals surface area contributed by atoms with Crippen LogP contribution < -0.4 is 0 Å². The van der Waals surface area contributed by atoms with E-state index in [1.54, 1.807) is 19.1 Å². The van der Waals surface area contributed by atoms with Gasteiger partial charge in [-0.25, -0.2) is 13.8 Å². The Bertz CT molecular complexity index is 1530. The number of ether oxygens (including phenoxy) is 1. The second-order valence-electron chi connectivity index (χ2n) is 8.83. The number of halogens is 2. The summed E-state index contributed by atoms with van der Waals surface area (Å²) in [6.45, 7) is 1.70. The summed E-state index contributed by atoms with van der Waals surface area (Å²) in [5.41, 5.74) is 5.78. The molecule has 0 radical (unpaired) electrons. The zero-order valence-electron chi connectivity index (χ0n) is 19.5. The summed E-state index contributed by atoms with van der Waals surface area (Å²) < 4.78 is 33.3. The molecule has 1 aliphatic rings.